The van der Waals surface area contributed by atoms with Gasteiger partial charge in [-0.15, -0.1) is 0 Å². The Hall–Kier alpha value is -3.06. The van der Waals surface area contributed by atoms with Crippen molar-refractivity contribution in [1.29, 1.82) is 0 Å². The minimum absolute atomic E-state index is 0.681. The van der Waals surface area contributed by atoms with Gasteiger partial charge in [0.1, 0.15) is 0 Å². The van der Waals surface area contributed by atoms with Crippen molar-refractivity contribution in [3.8, 4) is 16.8 Å². The summed E-state index contributed by atoms with van der Waals surface area (Å²) in [6.45, 7) is 2.16. The smallest absolute Gasteiger partial charge is 0.0537 e. The molecule has 1 nitrogen and oxygen atoms in total. The predicted molar refractivity (Wildman–Crippen MR) is 113 cm³/mol. The second-order valence-electron chi connectivity index (χ2n) is 7.94. The van der Waals surface area contributed by atoms with E-state index in [1.54, 1.807) is 0 Å². The number of hydrogen-bond acceptors (Lipinski definition) is 0. The number of aromatic nitrogens is 1. The average molecular weight is 347 g/mol. The van der Waals surface area contributed by atoms with Gasteiger partial charge in [0.2, 0.25) is 0 Å². The molecule has 0 N–H and O–H groups in total. The Bertz CT molecular complexity index is 1220. The summed E-state index contributed by atoms with van der Waals surface area (Å²) in [5.74, 6) is 1.42. The molecule has 4 aromatic rings. The van der Waals surface area contributed by atoms with Crippen LogP contribution < -0.4 is 0 Å². The van der Waals surface area contributed by atoms with Crippen LogP contribution in [0.15, 0.2) is 78.9 Å². The molecule has 0 bridgehead atoms. The Labute approximate surface area is 159 Å². The van der Waals surface area contributed by atoms with Gasteiger partial charge < -0.3 is 4.57 Å². The zero-order valence-electron chi connectivity index (χ0n) is 15.4. The Morgan fingerprint density at radius 1 is 0.852 bits per heavy atom. The maximum absolute atomic E-state index is 2.51. The first kappa shape index (κ1) is 15.0. The lowest BCUT2D eigenvalue weighted by Gasteiger charge is -2.15. The first-order valence-electron chi connectivity index (χ1n) is 9.78. The molecule has 3 aromatic carbocycles. The highest BCUT2D eigenvalue weighted by atomic mass is 15.0. The first-order valence-corrected chi connectivity index (χ1v) is 9.78. The van der Waals surface area contributed by atoms with Crippen molar-refractivity contribution in [1.82, 2.24) is 4.57 Å². The van der Waals surface area contributed by atoms with Crippen molar-refractivity contribution in [3.05, 3.63) is 95.7 Å². The van der Waals surface area contributed by atoms with Crippen molar-refractivity contribution >= 4 is 17.0 Å². The van der Waals surface area contributed by atoms with Gasteiger partial charge in [0.05, 0.1) is 5.52 Å². The van der Waals surface area contributed by atoms with E-state index in [-0.39, 0.29) is 0 Å². The summed E-state index contributed by atoms with van der Waals surface area (Å²) in [5.41, 5.74) is 9.38. The van der Waals surface area contributed by atoms with E-state index in [1.165, 1.54) is 51.0 Å². The molecule has 2 atom stereocenters. The van der Waals surface area contributed by atoms with E-state index in [2.05, 4.69) is 96.4 Å². The molecule has 0 spiro atoms. The molecule has 1 heteroatoms. The lowest BCUT2D eigenvalue weighted by atomic mass is 10.0. The van der Waals surface area contributed by atoms with Gasteiger partial charge >= 0.3 is 0 Å². The van der Waals surface area contributed by atoms with E-state index in [9.17, 15) is 0 Å². The molecule has 0 amide bonds. The highest BCUT2D eigenvalue weighted by molar-refractivity contribution is 5.94. The SMILES string of the molecule is Cc1cccc(-c2cccc(-n3c4c(c5ccccc53)C=CC3CC43)c2)c1. The average Bonchev–Trinajstić information content (AvgIpc) is 3.42. The van der Waals surface area contributed by atoms with Crippen LogP contribution in [0.4, 0.5) is 0 Å². The van der Waals surface area contributed by atoms with Crippen LogP contribution in [0.1, 0.15) is 29.2 Å². The minimum atomic E-state index is 0.681. The molecule has 1 saturated carbocycles. The van der Waals surface area contributed by atoms with Gasteiger partial charge in [0.25, 0.3) is 0 Å². The molecule has 6 rings (SSSR count). The van der Waals surface area contributed by atoms with Gasteiger partial charge in [-0.3, -0.25) is 0 Å². The van der Waals surface area contributed by atoms with Gasteiger partial charge in [-0.1, -0.05) is 72.3 Å². The third kappa shape index (κ3) is 2.24. The maximum Gasteiger partial charge on any atom is 0.0537 e. The zero-order chi connectivity index (χ0) is 18.0. The van der Waals surface area contributed by atoms with Crippen LogP contribution in [0, 0.1) is 12.8 Å². The summed E-state index contributed by atoms with van der Waals surface area (Å²) in [4.78, 5) is 0. The number of aryl methyl sites for hydroxylation is 1. The monoisotopic (exact) mass is 347 g/mol. The number of hydrogen-bond donors (Lipinski definition) is 0. The van der Waals surface area contributed by atoms with Crippen LogP contribution in [-0.4, -0.2) is 4.57 Å². The number of para-hydroxylation sites is 1. The summed E-state index contributed by atoms with van der Waals surface area (Å²) >= 11 is 0. The Kier molecular flexibility index (Phi) is 3.05. The molecule has 1 fully saturated rings. The van der Waals surface area contributed by atoms with Crippen molar-refractivity contribution in [2.75, 3.05) is 0 Å². The zero-order valence-corrected chi connectivity index (χ0v) is 15.4. The third-order valence-corrected chi connectivity index (χ3v) is 6.11. The van der Waals surface area contributed by atoms with Crippen LogP contribution >= 0.6 is 0 Å². The summed E-state index contributed by atoms with van der Waals surface area (Å²) < 4.78 is 2.51. The first-order chi connectivity index (χ1) is 13.3. The molecule has 27 heavy (non-hydrogen) atoms. The summed E-state index contributed by atoms with van der Waals surface area (Å²) in [6, 6.07) is 26.6. The molecular formula is C26H21N. The molecule has 1 heterocycles. The van der Waals surface area contributed by atoms with Gasteiger partial charge in [-0.25, -0.2) is 0 Å². The lowest BCUT2D eigenvalue weighted by Crippen LogP contribution is -2.02. The molecule has 0 saturated heterocycles. The van der Waals surface area contributed by atoms with Gasteiger partial charge in [0, 0.05) is 28.2 Å². The fraction of sp³-hybridized carbons (Fsp3) is 0.154. The fourth-order valence-corrected chi connectivity index (χ4v) is 4.71. The third-order valence-electron chi connectivity index (χ3n) is 6.11. The number of nitrogens with zero attached hydrogens (tertiary/aromatic N) is 1. The van der Waals surface area contributed by atoms with Crippen molar-refractivity contribution in [2.24, 2.45) is 5.92 Å². The number of rotatable bonds is 2. The Morgan fingerprint density at radius 3 is 2.56 bits per heavy atom. The standard InChI is InChI=1S/C26H21N/c1-17-6-4-7-18(14-17)19-8-5-9-21(15-19)27-25-11-3-2-10-22(25)23-13-12-20-16-24(20)26(23)27/h2-15,20,24H,16H2,1H3. The van der Waals surface area contributed by atoms with E-state index >= 15 is 0 Å². The van der Waals surface area contributed by atoms with Crippen LogP contribution in [0.3, 0.4) is 0 Å². The topological polar surface area (TPSA) is 4.93 Å². The van der Waals surface area contributed by atoms with Crippen molar-refractivity contribution in [3.63, 3.8) is 0 Å². The summed E-state index contributed by atoms with van der Waals surface area (Å²) in [6.07, 6.45) is 6.05. The van der Waals surface area contributed by atoms with Gasteiger partial charge in [-0.05, 0) is 48.6 Å². The molecule has 1 aromatic heterocycles. The Balaban J connectivity index is 1.61. The normalized spacial score (nSPS) is 19.7. The lowest BCUT2D eigenvalue weighted by molar-refractivity contribution is 0.896. The highest BCUT2D eigenvalue weighted by Gasteiger charge is 2.43. The number of fused-ring (bicyclic) bond motifs is 5. The number of benzene rings is 3. The minimum Gasteiger partial charge on any atom is -0.313 e. The molecule has 0 radical (unpaired) electrons. The Morgan fingerprint density at radius 2 is 1.67 bits per heavy atom. The van der Waals surface area contributed by atoms with E-state index in [1.807, 2.05) is 0 Å². The molecule has 2 unspecified atom stereocenters. The molecule has 2 aliphatic rings. The van der Waals surface area contributed by atoms with Gasteiger partial charge in [-0.2, -0.15) is 0 Å². The van der Waals surface area contributed by atoms with Gasteiger partial charge in [0.15, 0.2) is 0 Å². The van der Waals surface area contributed by atoms with E-state index < -0.39 is 0 Å². The largest absolute Gasteiger partial charge is 0.313 e. The molecule has 0 aliphatic heterocycles. The molecule has 2 aliphatic carbocycles. The molecular weight excluding hydrogens is 326 g/mol. The quantitative estimate of drug-likeness (QED) is 0.378. The van der Waals surface area contributed by atoms with Crippen LogP contribution in [0.25, 0.3) is 33.8 Å². The second-order valence-corrected chi connectivity index (χ2v) is 7.94. The van der Waals surface area contributed by atoms with Crippen molar-refractivity contribution in [2.45, 2.75) is 19.3 Å². The van der Waals surface area contributed by atoms with Crippen molar-refractivity contribution < 1.29 is 0 Å². The second kappa shape index (κ2) is 5.47. The number of allylic oxidation sites excluding steroid dienone is 1. The highest BCUT2D eigenvalue weighted by Crippen LogP contribution is 2.55. The fourth-order valence-electron chi connectivity index (χ4n) is 4.71. The van der Waals surface area contributed by atoms with E-state index in [0.29, 0.717) is 5.92 Å². The van der Waals surface area contributed by atoms with E-state index in [4.69, 9.17) is 0 Å². The van der Waals surface area contributed by atoms with Crippen LogP contribution in [-0.2, 0) is 0 Å². The summed E-state index contributed by atoms with van der Waals surface area (Å²) in [7, 11) is 0. The van der Waals surface area contributed by atoms with Crippen LogP contribution in [0.5, 0.6) is 0 Å². The predicted octanol–water partition coefficient (Wildman–Crippen LogP) is 6.74. The molecule has 130 valence electrons. The summed E-state index contributed by atoms with van der Waals surface area (Å²) in [5, 5.41) is 1.37. The van der Waals surface area contributed by atoms with Crippen LogP contribution in [0.2, 0.25) is 0 Å². The maximum atomic E-state index is 2.51. The van der Waals surface area contributed by atoms with E-state index in [0.717, 1.165) is 5.92 Å².